The fourth-order valence-corrected chi connectivity index (χ4v) is 3.33. The second kappa shape index (κ2) is 7.39. The zero-order chi connectivity index (χ0) is 19.6. The average Bonchev–Trinajstić information content (AvgIpc) is 2.63. The molecular weight excluding hydrogens is 342 g/mol. The second-order valence-corrected chi connectivity index (χ2v) is 7.13. The van der Waals surface area contributed by atoms with E-state index in [9.17, 15) is 15.2 Å². The molecule has 1 aromatic carbocycles. The third-order valence-corrected chi connectivity index (χ3v) is 4.71. The topological polar surface area (TPSA) is 78.5 Å². The van der Waals surface area contributed by atoms with Gasteiger partial charge in [-0.2, -0.15) is 5.26 Å². The van der Waals surface area contributed by atoms with E-state index in [2.05, 4.69) is 6.07 Å². The van der Waals surface area contributed by atoms with Crippen LogP contribution in [0.15, 0.2) is 53.0 Å². The Morgan fingerprint density at radius 3 is 2.74 bits per heavy atom. The molecule has 0 unspecified atom stereocenters. The minimum absolute atomic E-state index is 0.0425. The minimum Gasteiger partial charge on any atom is -0.483 e. The number of rotatable bonds is 5. The van der Waals surface area contributed by atoms with Gasteiger partial charge in [-0.05, 0) is 45.2 Å². The molecule has 0 saturated carbocycles. The number of nitriles is 1. The number of ether oxygens (including phenoxy) is 1. The molecule has 0 aliphatic carbocycles. The van der Waals surface area contributed by atoms with Crippen LogP contribution in [0.1, 0.15) is 25.0 Å². The lowest BCUT2D eigenvalue weighted by atomic mass is 9.88. The van der Waals surface area contributed by atoms with E-state index < -0.39 is 5.60 Å². The molecule has 2 aromatic rings. The smallest absolute Gasteiger partial charge is 0.255 e. The molecule has 1 aliphatic heterocycles. The van der Waals surface area contributed by atoms with Gasteiger partial charge in [0.05, 0.1) is 23.9 Å². The normalized spacial score (nSPS) is 15.3. The van der Waals surface area contributed by atoms with E-state index in [0.29, 0.717) is 30.0 Å². The molecular formula is C21H23N3O3. The molecule has 6 nitrogen and oxygen atoms in total. The van der Waals surface area contributed by atoms with Crippen LogP contribution in [0.25, 0.3) is 5.70 Å². The molecule has 0 amide bonds. The second-order valence-electron chi connectivity index (χ2n) is 7.13. The van der Waals surface area contributed by atoms with E-state index in [1.165, 1.54) is 6.07 Å². The summed E-state index contributed by atoms with van der Waals surface area (Å²) in [6.07, 6.45) is 1.73. The SMILES string of the molecule is CN(CCO)CC1=C(n2ccccc2=O)c2cc(C#N)ccc2OC1(C)C. The number of fused-ring (bicyclic) bond motifs is 1. The quantitative estimate of drug-likeness (QED) is 0.878. The van der Waals surface area contributed by atoms with Gasteiger partial charge < -0.3 is 9.84 Å². The molecule has 2 heterocycles. The lowest BCUT2D eigenvalue weighted by Crippen LogP contribution is -2.42. The molecule has 1 aliphatic rings. The molecule has 0 saturated heterocycles. The van der Waals surface area contributed by atoms with Gasteiger partial charge in [0, 0.05) is 36.5 Å². The predicted molar refractivity (Wildman–Crippen MR) is 103 cm³/mol. The van der Waals surface area contributed by atoms with E-state index in [1.807, 2.05) is 25.8 Å². The van der Waals surface area contributed by atoms with Crippen LogP contribution in [0.2, 0.25) is 0 Å². The Hall–Kier alpha value is -2.88. The number of aliphatic hydroxyl groups is 1. The van der Waals surface area contributed by atoms with Gasteiger partial charge >= 0.3 is 0 Å². The van der Waals surface area contributed by atoms with Crippen molar-refractivity contribution in [1.29, 1.82) is 5.26 Å². The zero-order valence-electron chi connectivity index (χ0n) is 15.8. The Balaban J connectivity index is 2.31. The number of aliphatic hydroxyl groups excluding tert-OH is 1. The maximum Gasteiger partial charge on any atom is 0.255 e. The van der Waals surface area contributed by atoms with Crippen LogP contribution in [0.5, 0.6) is 5.75 Å². The van der Waals surface area contributed by atoms with Gasteiger partial charge in [-0.15, -0.1) is 0 Å². The summed E-state index contributed by atoms with van der Waals surface area (Å²) >= 11 is 0. The highest BCUT2D eigenvalue weighted by Crippen LogP contribution is 2.41. The summed E-state index contributed by atoms with van der Waals surface area (Å²) < 4.78 is 7.83. The first kappa shape index (κ1) is 18.9. The highest BCUT2D eigenvalue weighted by Gasteiger charge is 2.36. The van der Waals surface area contributed by atoms with Crippen LogP contribution in [0.4, 0.5) is 0 Å². The number of likely N-dealkylation sites (N-methyl/N-ethyl adjacent to an activating group) is 1. The van der Waals surface area contributed by atoms with Crippen molar-refractivity contribution in [2.45, 2.75) is 19.4 Å². The fraction of sp³-hybridized carbons (Fsp3) is 0.333. The number of aromatic nitrogens is 1. The molecule has 0 radical (unpaired) electrons. The Morgan fingerprint density at radius 1 is 1.30 bits per heavy atom. The first-order valence-electron chi connectivity index (χ1n) is 8.82. The lowest BCUT2D eigenvalue weighted by Gasteiger charge is -2.39. The summed E-state index contributed by atoms with van der Waals surface area (Å²) in [6, 6.07) is 12.4. The largest absolute Gasteiger partial charge is 0.483 e. The summed E-state index contributed by atoms with van der Waals surface area (Å²) in [4.78, 5) is 14.6. The van der Waals surface area contributed by atoms with Gasteiger partial charge in [0.15, 0.2) is 0 Å². The van der Waals surface area contributed by atoms with E-state index in [-0.39, 0.29) is 12.2 Å². The van der Waals surface area contributed by atoms with Crippen LogP contribution in [0, 0.1) is 11.3 Å². The summed E-state index contributed by atoms with van der Waals surface area (Å²) in [5, 5.41) is 18.6. The predicted octanol–water partition coefficient (Wildman–Crippen LogP) is 2.07. The Labute approximate surface area is 158 Å². The number of pyridine rings is 1. The van der Waals surface area contributed by atoms with Crippen molar-refractivity contribution in [1.82, 2.24) is 9.47 Å². The molecule has 1 N–H and O–H groups in total. The highest BCUT2D eigenvalue weighted by molar-refractivity contribution is 5.77. The van der Waals surface area contributed by atoms with Gasteiger partial charge in [-0.3, -0.25) is 14.3 Å². The van der Waals surface area contributed by atoms with Gasteiger partial charge in [-0.25, -0.2) is 0 Å². The third kappa shape index (κ3) is 3.65. The van der Waals surface area contributed by atoms with Gasteiger partial charge in [0.2, 0.25) is 0 Å². The van der Waals surface area contributed by atoms with Gasteiger partial charge in [0.25, 0.3) is 5.56 Å². The Morgan fingerprint density at radius 2 is 2.07 bits per heavy atom. The molecule has 0 bridgehead atoms. The van der Waals surface area contributed by atoms with Crippen molar-refractivity contribution in [3.05, 3.63) is 69.6 Å². The first-order valence-corrected chi connectivity index (χ1v) is 8.82. The van der Waals surface area contributed by atoms with Crippen LogP contribution in [-0.2, 0) is 0 Å². The Kier molecular flexibility index (Phi) is 5.17. The minimum atomic E-state index is -0.657. The van der Waals surface area contributed by atoms with E-state index in [0.717, 1.165) is 11.3 Å². The Bertz CT molecular complexity index is 983. The van der Waals surface area contributed by atoms with Crippen LogP contribution < -0.4 is 10.3 Å². The first-order chi connectivity index (χ1) is 12.9. The lowest BCUT2D eigenvalue weighted by molar-refractivity contribution is 0.129. The standard InChI is InChI=1S/C21H23N3O3/c1-21(2)17(14-23(3)10-11-25)20(24-9-5-4-6-19(24)26)16-12-15(13-22)7-8-18(16)27-21/h4-9,12,25H,10-11,14H2,1-3H3. The molecule has 0 spiro atoms. The van der Waals surface area contributed by atoms with Crippen LogP contribution >= 0.6 is 0 Å². The summed E-state index contributed by atoms with van der Waals surface area (Å²) in [6.45, 7) is 4.98. The number of hydrogen-bond acceptors (Lipinski definition) is 5. The van der Waals surface area contributed by atoms with Gasteiger partial charge in [0.1, 0.15) is 11.4 Å². The molecule has 6 heteroatoms. The summed E-state index contributed by atoms with van der Waals surface area (Å²) in [5.41, 5.74) is 2.05. The molecule has 3 rings (SSSR count). The maximum atomic E-state index is 12.6. The number of benzene rings is 1. The average molecular weight is 365 g/mol. The molecule has 1 aromatic heterocycles. The van der Waals surface area contributed by atoms with Crippen molar-refractivity contribution in [2.75, 3.05) is 26.7 Å². The zero-order valence-corrected chi connectivity index (χ0v) is 15.8. The van der Waals surface area contributed by atoms with Crippen molar-refractivity contribution in [2.24, 2.45) is 0 Å². The van der Waals surface area contributed by atoms with Crippen molar-refractivity contribution in [3.63, 3.8) is 0 Å². The molecule has 0 atom stereocenters. The van der Waals surface area contributed by atoms with Crippen molar-refractivity contribution >= 4 is 5.70 Å². The van der Waals surface area contributed by atoms with Crippen molar-refractivity contribution in [3.8, 4) is 11.8 Å². The van der Waals surface area contributed by atoms with Crippen molar-refractivity contribution < 1.29 is 9.84 Å². The molecule has 27 heavy (non-hydrogen) atoms. The highest BCUT2D eigenvalue weighted by atomic mass is 16.5. The van der Waals surface area contributed by atoms with E-state index >= 15 is 0 Å². The van der Waals surface area contributed by atoms with E-state index in [4.69, 9.17) is 4.74 Å². The summed E-state index contributed by atoms with van der Waals surface area (Å²) in [7, 11) is 1.91. The third-order valence-electron chi connectivity index (χ3n) is 4.71. The maximum absolute atomic E-state index is 12.6. The van der Waals surface area contributed by atoms with E-state index in [1.54, 1.807) is 41.1 Å². The molecule has 0 fully saturated rings. The van der Waals surface area contributed by atoms with Crippen LogP contribution in [0.3, 0.4) is 0 Å². The number of hydrogen-bond donors (Lipinski definition) is 1. The molecule has 140 valence electrons. The summed E-state index contributed by atoms with van der Waals surface area (Å²) in [5.74, 6) is 0.637. The number of nitrogens with zero attached hydrogens (tertiary/aromatic N) is 3. The van der Waals surface area contributed by atoms with Gasteiger partial charge in [-0.1, -0.05) is 6.07 Å². The fourth-order valence-electron chi connectivity index (χ4n) is 3.33. The monoisotopic (exact) mass is 365 g/mol. The van der Waals surface area contributed by atoms with Crippen LogP contribution in [-0.4, -0.2) is 46.9 Å².